The molecule has 0 aliphatic carbocycles. The Kier molecular flexibility index (Phi) is 7.20. The van der Waals surface area contributed by atoms with Gasteiger partial charge in [0.05, 0.1) is 17.1 Å². The summed E-state index contributed by atoms with van der Waals surface area (Å²) < 4.78 is 17.5. The van der Waals surface area contributed by atoms with Crippen molar-refractivity contribution < 1.29 is 9.18 Å². The zero-order valence-corrected chi connectivity index (χ0v) is 22.4. The fourth-order valence-electron chi connectivity index (χ4n) is 4.33. The zero-order valence-electron chi connectivity index (χ0n) is 20.9. The molecule has 5 aromatic rings. The number of fused-ring (bicyclic) bond motifs is 2. The number of rotatable bonds is 7. The number of hydrogen-bond donors (Lipinski definition) is 1. The van der Waals surface area contributed by atoms with Crippen molar-refractivity contribution in [3.05, 3.63) is 105 Å². The highest BCUT2D eigenvalue weighted by molar-refractivity contribution is 9.10. The van der Waals surface area contributed by atoms with Crippen LogP contribution in [0.25, 0.3) is 21.8 Å². The largest absolute Gasteiger partial charge is 0.337 e. The van der Waals surface area contributed by atoms with Crippen LogP contribution in [0.3, 0.4) is 0 Å². The Balaban J connectivity index is 1.53. The summed E-state index contributed by atoms with van der Waals surface area (Å²) in [7, 11) is 0. The number of anilines is 1. The van der Waals surface area contributed by atoms with E-state index in [2.05, 4.69) is 26.3 Å². The Hall–Kier alpha value is -4.11. The quantitative estimate of drug-likeness (QED) is 0.232. The van der Waals surface area contributed by atoms with Gasteiger partial charge in [-0.25, -0.2) is 9.37 Å². The Morgan fingerprint density at radius 1 is 1.13 bits per heavy atom. The normalized spacial score (nSPS) is 12.4. The molecule has 0 aliphatic rings. The van der Waals surface area contributed by atoms with Crippen molar-refractivity contribution in [2.45, 2.75) is 32.7 Å². The SMILES string of the molecule is CC[C@@H](C)c1nc2ccc(Br)cc2c(=O)n1N=Cc1cn(CC(=O)Nc2cccc(F)c2)c2ccccc12. The molecule has 38 heavy (non-hydrogen) atoms. The topological polar surface area (TPSA) is 81.3 Å². The van der Waals surface area contributed by atoms with Crippen LogP contribution in [0.5, 0.6) is 0 Å². The summed E-state index contributed by atoms with van der Waals surface area (Å²) in [5.41, 5.74) is 2.34. The van der Waals surface area contributed by atoms with Crippen molar-refractivity contribution in [3.8, 4) is 0 Å². The van der Waals surface area contributed by atoms with Gasteiger partial charge in [-0.05, 0) is 48.9 Å². The average molecular weight is 574 g/mol. The summed E-state index contributed by atoms with van der Waals surface area (Å²) in [6, 6.07) is 18.8. The predicted molar refractivity (Wildman–Crippen MR) is 152 cm³/mol. The van der Waals surface area contributed by atoms with Crippen LogP contribution in [0.15, 0.2) is 87.3 Å². The zero-order chi connectivity index (χ0) is 26.8. The first-order chi connectivity index (χ1) is 18.3. The summed E-state index contributed by atoms with van der Waals surface area (Å²) >= 11 is 3.43. The van der Waals surface area contributed by atoms with Gasteiger partial charge >= 0.3 is 0 Å². The maximum absolute atomic E-state index is 13.5. The minimum Gasteiger partial charge on any atom is -0.337 e. The molecule has 0 saturated carbocycles. The molecule has 0 spiro atoms. The Morgan fingerprint density at radius 3 is 2.74 bits per heavy atom. The first kappa shape index (κ1) is 25.5. The van der Waals surface area contributed by atoms with Crippen LogP contribution in [-0.2, 0) is 11.3 Å². The van der Waals surface area contributed by atoms with Gasteiger partial charge in [-0.15, -0.1) is 0 Å². The molecule has 9 heteroatoms. The second-order valence-electron chi connectivity index (χ2n) is 9.09. The van der Waals surface area contributed by atoms with E-state index < -0.39 is 5.82 Å². The summed E-state index contributed by atoms with van der Waals surface area (Å²) in [6.07, 6.45) is 4.24. The third-order valence-corrected chi connectivity index (χ3v) is 6.93. The summed E-state index contributed by atoms with van der Waals surface area (Å²) in [5.74, 6) is -0.114. The summed E-state index contributed by atoms with van der Waals surface area (Å²) in [5, 5.41) is 8.67. The lowest BCUT2D eigenvalue weighted by Gasteiger charge is -2.13. The van der Waals surface area contributed by atoms with Gasteiger partial charge in [0.2, 0.25) is 5.91 Å². The third kappa shape index (κ3) is 5.15. The molecule has 7 nitrogen and oxygen atoms in total. The van der Waals surface area contributed by atoms with E-state index in [4.69, 9.17) is 4.98 Å². The Labute approximate surface area is 226 Å². The van der Waals surface area contributed by atoms with Crippen molar-refractivity contribution in [2.75, 3.05) is 5.32 Å². The van der Waals surface area contributed by atoms with Crippen LogP contribution >= 0.6 is 15.9 Å². The van der Waals surface area contributed by atoms with Crippen LogP contribution < -0.4 is 10.9 Å². The first-order valence-corrected chi connectivity index (χ1v) is 13.0. The van der Waals surface area contributed by atoms with Crippen LogP contribution in [0.4, 0.5) is 10.1 Å². The van der Waals surface area contributed by atoms with Crippen LogP contribution in [0, 0.1) is 5.82 Å². The van der Waals surface area contributed by atoms with Gasteiger partial charge in [0.15, 0.2) is 0 Å². The van der Waals surface area contributed by atoms with Gasteiger partial charge in [0, 0.05) is 38.7 Å². The van der Waals surface area contributed by atoms with Crippen molar-refractivity contribution in [1.82, 2.24) is 14.2 Å². The molecular formula is C29H25BrFN5O2. The fourth-order valence-corrected chi connectivity index (χ4v) is 4.69. The van der Waals surface area contributed by atoms with Crippen LogP contribution in [0.2, 0.25) is 0 Å². The fraction of sp³-hybridized carbons (Fsp3) is 0.172. The minimum absolute atomic E-state index is 0.0146. The Bertz CT molecular complexity index is 1760. The van der Waals surface area contributed by atoms with Gasteiger partial charge < -0.3 is 9.88 Å². The highest BCUT2D eigenvalue weighted by Gasteiger charge is 2.16. The highest BCUT2D eigenvalue weighted by atomic mass is 79.9. The molecular weight excluding hydrogens is 549 g/mol. The smallest absolute Gasteiger partial charge is 0.282 e. The molecule has 0 bridgehead atoms. The molecule has 1 amide bonds. The molecule has 0 fully saturated rings. The number of para-hydroxylation sites is 1. The Morgan fingerprint density at radius 2 is 1.95 bits per heavy atom. The van der Waals surface area contributed by atoms with Crippen LogP contribution in [-0.4, -0.2) is 26.3 Å². The number of nitrogens with zero attached hydrogens (tertiary/aromatic N) is 4. The lowest BCUT2D eigenvalue weighted by atomic mass is 10.1. The second kappa shape index (κ2) is 10.7. The number of carbonyl (C=O) groups excluding carboxylic acids is 1. The minimum atomic E-state index is -0.421. The van der Waals surface area contributed by atoms with Gasteiger partial charge in [-0.1, -0.05) is 54.0 Å². The van der Waals surface area contributed by atoms with Gasteiger partial charge in [-0.2, -0.15) is 9.78 Å². The molecule has 0 aliphatic heterocycles. The van der Waals surface area contributed by atoms with Gasteiger partial charge in [0.1, 0.15) is 18.2 Å². The van der Waals surface area contributed by atoms with Gasteiger partial charge in [0.25, 0.3) is 5.56 Å². The molecule has 1 N–H and O–H groups in total. The summed E-state index contributed by atoms with van der Waals surface area (Å²) in [6.45, 7) is 4.08. The lowest BCUT2D eigenvalue weighted by Crippen LogP contribution is -2.23. The molecule has 1 atom stereocenters. The lowest BCUT2D eigenvalue weighted by molar-refractivity contribution is -0.116. The maximum Gasteiger partial charge on any atom is 0.282 e. The third-order valence-electron chi connectivity index (χ3n) is 6.44. The number of nitrogens with one attached hydrogen (secondary N) is 1. The van der Waals surface area contributed by atoms with E-state index in [0.717, 1.165) is 27.4 Å². The molecule has 2 heterocycles. The van der Waals surface area contributed by atoms with Crippen molar-refractivity contribution in [1.29, 1.82) is 0 Å². The number of hydrogen-bond acceptors (Lipinski definition) is 4. The van der Waals surface area contributed by atoms with E-state index in [0.29, 0.717) is 22.4 Å². The standard InChI is InChI=1S/C29H25BrFN5O2/c1-3-18(2)28-34-25-12-11-20(30)13-24(25)29(38)36(28)32-15-19-16-35(26-10-5-4-9-23(19)26)17-27(37)33-22-8-6-7-21(31)14-22/h4-16,18H,3,17H2,1-2H3,(H,33,37)/t18-/m1/s1. The van der Waals surface area contributed by atoms with Crippen molar-refractivity contribution in [2.24, 2.45) is 5.10 Å². The molecule has 3 aromatic carbocycles. The summed E-state index contributed by atoms with van der Waals surface area (Å²) in [4.78, 5) is 30.9. The second-order valence-corrected chi connectivity index (χ2v) is 10.0. The number of aromatic nitrogens is 3. The number of carbonyl (C=O) groups is 1. The number of benzene rings is 3. The average Bonchev–Trinajstić information content (AvgIpc) is 3.25. The molecule has 5 rings (SSSR count). The predicted octanol–water partition coefficient (Wildman–Crippen LogP) is 6.29. The molecule has 0 unspecified atom stereocenters. The molecule has 192 valence electrons. The molecule has 2 aromatic heterocycles. The highest BCUT2D eigenvalue weighted by Crippen LogP contribution is 2.23. The van der Waals surface area contributed by atoms with Crippen molar-refractivity contribution in [3.63, 3.8) is 0 Å². The van der Waals surface area contributed by atoms with E-state index in [1.54, 1.807) is 29.0 Å². The molecule has 0 radical (unpaired) electrons. The van der Waals surface area contributed by atoms with E-state index in [9.17, 15) is 14.0 Å². The van der Waals surface area contributed by atoms with E-state index >= 15 is 0 Å². The number of halogens is 2. The van der Waals surface area contributed by atoms with E-state index in [1.165, 1.54) is 16.8 Å². The van der Waals surface area contributed by atoms with Crippen molar-refractivity contribution >= 4 is 55.5 Å². The number of amides is 1. The van der Waals surface area contributed by atoms with E-state index in [-0.39, 0.29) is 23.9 Å². The van der Waals surface area contributed by atoms with Crippen LogP contribution in [0.1, 0.15) is 37.6 Å². The monoisotopic (exact) mass is 573 g/mol. The molecule has 0 saturated heterocycles. The first-order valence-electron chi connectivity index (χ1n) is 12.2. The van der Waals surface area contributed by atoms with E-state index in [1.807, 2.05) is 56.4 Å². The van der Waals surface area contributed by atoms with Gasteiger partial charge in [-0.3, -0.25) is 9.59 Å². The maximum atomic E-state index is 13.5.